The van der Waals surface area contributed by atoms with Gasteiger partial charge in [0.25, 0.3) is 0 Å². The van der Waals surface area contributed by atoms with Gasteiger partial charge in [0.2, 0.25) is 0 Å². The molecule has 0 radical (unpaired) electrons. The van der Waals surface area contributed by atoms with Gasteiger partial charge in [-0.2, -0.15) is 13.2 Å². The Hall–Kier alpha value is -0.250. The summed E-state index contributed by atoms with van der Waals surface area (Å²) >= 11 is 0. The van der Waals surface area contributed by atoms with E-state index in [0.29, 0.717) is 6.42 Å². The second kappa shape index (κ2) is 6.78. The summed E-state index contributed by atoms with van der Waals surface area (Å²) in [6.07, 6.45) is 2.25. The van der Waals surface area contributed by atoms with E-state index in [1.165, 1.54) is 19.3 Å². The molecule has 0 aromatic carbocycles. The molecule has 1 nitrogen and oxygen atoms in total. The van der Waals surface area contributed by atoms with E-state index in [-0.39, 0.29) is 17.9 Å². The van der Waals surface area contributed by atoms with Crippen LogP contribution in [0.5, 0.6) is 0 Å². The average molecular weight is 265 g/mol. The highest BCUT2D eigenvalue weighted by atomic mass is 19.4. The van der Waals surface area contributed by atoms with Crippen LogP contribution >= 0.6 is 0 Å². The third-order valence-corrected chi connectivity index (χ3v) is 4.24. The molecule has 1 rings (SSSR count). The van der Waals surface area contributed by atoms with Crippen LogP contribution in [0.1, 0.15) is 65.2 Å². The third-order valence-electron chi connectivity index (χ3n) is 4.24. The number of hydrogen-bond acceptors (Lipinski definition) is 1. The SMILES string of the molecule is CCNC(CCCC(F)(F)F)C1(C)CCCCC1. The molecular formula is C14H26F3N. The van der Waals surface area contributed by atoms with Gasteiger partial charge in [-0.1, -0.05) is 33.1 Å². The van der Waals surface area contributed by atoms with Gasteiger partial charge in [-0.25, -0.2) is 0 Å². The quantitative estimate of drug-likeness (QED) is 0.736. The van der Waals surface area contributed by atoms with Gasteiger partial charge in [-0.05, 0) is 37.6 Å². The number of rotatable bonds is 6. The number of hydrogen-bond donors (Lipinski definition) is 1. The number of halogens is 3. The Kier molecular flexibility index (Phi) is 5.96. The maximum atomic E-state index is 12.2. The van der Waals surface area contributed by atoms with Gasteiger partial charge in [0, 0.05) is 12.5 Å². The van der Waals surface area contributed by atoms with Gasteiger partial charge in [0.1, 0.15) is 0 Å². The minimum absolute atomic E-state index is 0.194. The van der Waals surface area contributed by atoms with E-state index in [1.54, 1.807) is 0 Å². The lowest BCUT2D eigenvalue weighted by Crippen LogP contribution is -2.44. The Balaban J connectivity index is 2.47. The highest BCUT2D eigenvalue weighted by Crippen LogP contribution is 2.40. The van der Waals surface area contributed by atoms with Gasteiger partial charge in [0.05, 0.1) is 0 Å². The zero-order chi connectivity index (χ0) is 13.6. The average Bonchev–Trinajstić information content (AvgIpc) is 2.27. The van der Waals surface area contributed by atoms with Crippen molar-refractivity contribution in [3.63, 3.8) is 0 Å². The van der Waals surface area contributed by atoms with Crippen LogP contribution in [0, 0.1) is 5.41 Å². The Morgan fingerprint density at radius 3 is 2.28 bits per heavy atom. The van der Waals surface area contributed by atoms with Crippen molar-refractivity contribution in [2.24, 2.45) is 5.41 Å². The van der Waals surface area contributed by atoms with E-state index in [4.69, 9.17) is 0 Å². The molecule has 18 heavy (non-hydrogen) atoms. The summed E-state index contributed by atoms with van der Waals surface area (Å²) in [5.41, 5.74) is 0.194. The standard InChI is InChI=1S/C14H26F3N/c1-3-18-12(8-7-11-14(15,16)17)13(2)9-5-4-6-10-13/h12,18H,3-11H2,1-2H3. The molecule has 108 valence electrons. The molecule has 1 aliphatic carbocycles. The summed E-state index contributed by atoms with van der Waals surface area (Å²) in [4.78, 5) is 0. The first-order chi connectivity index (χ1) is 8.37. The van der Waals surface area contributed by atoms with Crippen LogP contribution in [0.25, 0.3) is 0 Å². The summed E-state index contributed by atoms with van der Waals surface area (Å²) < 4.78 is 36.6. The molecule has 0 bridgehead atoms. The highest BCUT2D eigenvalue weighted by Gasteiger charge is 2.35. The van der Waals surface area contributed by atoms with E-state index in [0.717, 1.165) is 19.4 Å². The molecule has 0 amide bonds. The van der Waals surface area contributed by atoms with Crippen LogP contribution in [-0.4, -0.2) is 18.8 Å². The summed E-state index contributed by atoms with van der Waals surface area (Å²) in [6.45, 7) is 5.11. The second-order valence-corrected chi connectivity index (χ2v) is 5.83. The molecule has 0 heterocycles. The van der Waals surface area contributed by atoms with Crippen LogP contribution in [0.4, 0.5) is 13.2 Å². The molecule has 0 spiro atoms. The van der Waals surface area contributed by atoms with E-state index < -0.39 is 12.6 Å². The molecule has 0 saturated heterocycles. The van der Waals surface area contributed by atoms with E-state index in [2.05, 4.69) is 12.2 Å². The van der Waals surface area contributed by atoms with E-state index in [1.807, 2.05) is 6.92 Å². The van der Waals surface area contributed by atoms with Crippen LogP contribution in [0.3, 0.4) is 0 Å². The van der Waals surface area contributed by atoms with Crippen LogP contribution < -0.4 is 5.32 Å². The van der Waals surface area contributed by atoms with Crippen molar-refractivity contribution in [3.05, 3.63) is 0 Å². The van der Waals surface area contributed by atoms with Crippen molar-refractivity contribution in [3.8, 4) is 0 Å². The van der Waals surface area contributed by atoms with Crippen molar-refractivity contribution in [2.75, 3.05) is 6.54 Å². The lowest BCUT2D eigenvalue weighted by atomic mass is 9.69. The molecule has 1 saturated carbocycles. The van der Waals surface area contributed by atoms with Crippen molar-refractivity contribution >= 4 is 0 Å². The van der Waals surface area contributed by atoms with Gasteiger partial charge in [-0.3, -0.25) is 0 Å². The first-order valence-corrected chi connectivity index (χ1v) is 7.17. The van der Waals surface area contributed by atoms with Crippen LogP contribution in [0.15, 0.2) is 0 Å². The maximum Gasteiger partial charge on any atom is 0.389 e. The summed E-state index contributed by atoms with van der Waals surface area (Å²) in [6, 6.07) is 0.241. The third kappa shape index (κ3) is 5.17. The first-order valence-electron chi connectivity index (χ1n) is 7.17. The fourth-order valence-electron chi connectivity index (χ4n) is 3.16. The molecule has 0 aliphatic heterocycles. The minimum Gasteiger partial charge on any atom is -0.314 e. The van der Waals surface area contributed by atoms with Gasteiger partial charge < -0.3 is 5.32 Å². The lowest BCUT2D eigenvalue weighted by Gasteiger charge is -2.41. The monoisotopic (exact) mass is 265 g/mol. The van der Waals surface area contributed by atoms with Crippen molar-refractivity contribution in [1.82, 2.24) is 5.32 Å². The van der Waals surface area contributed by atoms with Gasteiger partial charge >= 0.3 is 6.18 Å². The molecule has 1 aliphatic rings. The Morgan fingerprint density at radius 2 is 1.78 bits per heavy atom. The van der Waals surface area contributed by atoms with Gasteiger partial charge in [-0.15, -0.1) is 0 Å². The topological polar surface area (TPSA) is 12.0 Å². The lowest BCUT2D eigenvalue weighted by molar-refractivity contribution is -0.136. The summed E-state index contributed by atoms with van der Waals surface area (Å²) in [7, 11) is 0. The molecule has 1 unspecified atom stereocenters. The smallest absolute Gasteiger partial charge is 0.314 e. The van der Waals surface area contributed by atoms with Crippen molar-refractivity contribution < 1.29 is 13.2 Å². The molecular weight excluding hydrogens is 239 g/mol. The predicted molar refractivity (Wildman–Crippen MR) is 68.6 cm³/mol. The Labute approximate surface area is 109 Å². The van der Waals surface area contributed by atoms with Crippen LogP contribution in [0.2, 0.25) is 0 Å². The van der Waals surface area contributed by atoms with E-state index in [9.17, 15) is 13.2 Å². The molecule has 0 aromatic heterocycles. The molecule has 0 aromatic rings. The molecule has 1 fully saturated rings. The molecule has 1 atom stereocenters. The van der Waals surface area contributed by atoms with Crippen molar-refractivity contribution in [2.45, 2.75) is 77.4 Å². The van der Waals surface area contributed by atoms with Gasteiger partial charge in [0.15, 0.2) is 0 Å². The summed E-state index contributed by atoms with van der Waals surface area (Å²) in [5.74, 6) is 0. The second-order valence-electron chi connectivity index (χ2n) is 5.83. The molecule has 4 heteroatoms. The predicted octanol–water partition coefficient (Wildman–Crippen LogP) is 4.67. The largest absolute Gasteiger partial charge is 0.389 e. The fourth-order valence-corrected chi connectivity index (χ4v) is 3.16. The maximum absolute atomic E-state index is 12.2. The molecule has 1 N–H and O–H groups in total. The van der Waals surface area contributed by atoms with Crippen molar-refractivity contribution in [1.29, 1.82) is 0 Å². The highest BCUT2D eigenvalue weighted by molar-refractivity contribution is 4.89. The minimum atomic E-state index is -4.01. The normalized spacial score (nSPS) is 21.8. The Morgan fingerprint density at radius 1 is 1.17 bits per heavy atom. The van der Waals surface area contributed by atoms with E-state index >= 15 is 0 Å². The zero-order valence-corrected chi connectivity index (χ0v) is 11.6. The number of alkyl halides is 3. The number of nitrogens with one attached hydrogen (secondary N) is 1. The Bertz CT molecular complexity index is 232. The summed E-state index contributed by atoms with van der Waals surface area (Å²) in [5, 5.41) is 3.41. The zero-order valence-electron chi connectivity index (χ0n) is 11.6. The first kappa shape index (κ1) is 15.8. The van der Waals surface area contributed by atoms with Crippen LogP contribution in [-0.2, 0) is 0 Å². The fraction of sp³-hybridized carbons (Fsp3) is 1.00.